The summed E-state index contributed by atoms with van der Waals surface area (Å²) in [5, 5.41) is 11.5. The van der Waals surface area contributed by atoms with Crippen LogP contribution in [0, 0.1) is 0 Å². The highest BCUT2D eigenvalue weighted by atomic mass is 16.4. The molecule has 1 saturated heterocycles. The van der Waals surface area contributed by atoms with Crippen LogP contribution in [-0.2, 0) is 17.9 Å². The van der Waals surface area contributed by atoms with Crippen molar-refractivity contribution in [3.63, 3.8) is 0 Å². The van der Waals surface area contributed by atoms with Gasteiger partial charge in [0, 0.05) is 26.1 Å². The van der Waals surface area contributed by atoms with Gasteiger partial charge in [-0.25, -0.2) is 14.8 Å². The number of amides is 2. The minimum atomic E-state index is -1.20. The van der Waals surface area contributed by atoms with Gasteiger partial charge < -0.3 is 15.3 Å². The van der Waals surface area contributed by atoms with Crippen molar-refractivity contribution in [3.8, 4) is 0 Å². The van der Waals surface area contributed by atoms with E-state index in [2.05, 4.69) is 15.3 Å². The fourth-order valence-corrected chi connectivity index (χ4v) is 2.76. The zero-order valence-corrected chi connectivity index (χ0v) is 14.0. The van der Waals surface area contributed by atoms with Crippen LogP contribution in [0.25, 0.3) is 0 Å². The molecule has 2 heterocycles. The SMILES string of the molecule is O=C(O)c1cnc(C(=O)NCc2cccc(CN3CCCC3=O)c2)cn1. The number of carbonyl (C=O) groups excluding carboxylic acids is 2. The van der Waals surface area contributed by atoms with Crippen LogP contribution in [0.1, 0.15) is 44.9 Å². The largest absolute Gasteiger partial charge is 0.476 e. The molecule has 134 valence electrons. The Hall–Kier alpha value is -3.29. The van der Waals surface area contributed by atoms with Crippen LogP contribution in [0.4, 0.5) is 0 Å². The Bertz CT molecular complexity index is 835. The third-order valence-electron chi connectivity index (χ3n) is 4.09. The van der Waals surface area contributed by atoms with Crippen molar-refractivity contribution in [2.45, 2.75) is 25.9 Å². The summed E-state index contributed by atoms with van der Waals surface area (Å²) in [6.07, 6.45) is 3.69. The molecule has 1 aliphatic heterocycles. The molecule has 1 aromatic heterocycles. The topological polar surface area (TPSA) is 112 Å². The zero-order chi connectivity index (χ0) is 18.5. The molecule has 1 aromatic carbocycles. The molecule has 0 aliphatic carbocycles. The lowest BCUT2D eigenvalue weighted by atomic mass is 10.1. The molecule has 8 nitrogen and oxygen atoms in total. The van der Waals surface area contributed by atoms with Gasteiger partial charge in [0.25, 0.3) is 5.91 Å². The number of likely N-dealkylation sites (tertiary alicyclic amines) is 1. The molecule has 0 atom stereocenters. The van der Waals surface area contributed by atoms with Gasteiger partial charge in [0.2, 0.25) is 5.91 Å². The average Bonchev–Trinajstić information content (AvgIpc) is 3.05. The van der Waals surface area contributed by atoms with E-state index in [1.54, 1.807) is 0 Å². The first kappa shape index (κ1) is 17.5. The predicted molar refractivity (Wildman–Crippen MR) is 91.3 cm³/mol. The maximum atomic E-state index is 12.1. The Kier molecular flexibility index (Phi) is 5.21. The molecule has 0 saturated carbocycles. The summed E-state index contributed by atoms with van der Waals surface area (Å²) >= 11 is 0. The van der Waals surface area contributed by atoms with Crippen LogP contribution in [0.5, 0.6) is 0 Å². The second kappa shape index (κ2) is 7.73. The quantitative estimate of drug-likeness (QED) is 0.807. The van der Waals surface area contributed by atoms with Crippen molar-refractivity contribution in [1.29, 1.82) is 0 Å². The van der Waals surface area contributed by atoms with Crippen LogP contribution in [0.15, 0.2) is 36.7 Å². The molecule has 2 aromatic rings. The number of carboxylic acid groups (broad SMARTS) is 1. The van der Waals surface area contributed by atoms with E-state index in [4.69, 9.17) is 5.11 Å². The van der Waals surface area contributed by atoms with E-state index in [0.29, 0.717) is 19.5 Å². The van der Waals surface area contributed by atoms with E-state index in [-0.39, 0.29) is 17.3 Å². The molecule has 2 N–H and O–H groups in total. The number of aromatic carboxylic acids is 1. The molecule has 26 heavy (non-hydrogen) atoms. The third kappa shape index (κ3) is 4.21. The summed E-state index contributed by atoms with van der Waals surface area (Å²) in [5.74, 6) is -1.46. The molecule has 0 bridgehead atoms. The van der Waals surface area contributed by atoms with E-state index in [0.717, 1.165) is 36.5 Å². The van der Waals surface area contributed by atoms with Gasteiger partial charge in [0.15, 0.2) is 5.69 Å². The van der Waals surface area contributed by atoms with E-state index in [9.17, 15) is 14.4 Å². The highest BCUT2D eigenvalue weighted by molar-refractivity contribution is 5.92. The third-order valence-corrected chi connectivity index (χ3v) is 4.09. The van der Waals surface area contributed by atoms with E-state index < -0.39 is 11.9 Å². The highest BCUT2D eigenvalue weighted by Gasteiger charge is 2.20. The second-order valence-corrected chi connectivity index (χ2v) is 6.01. The molecular weight excluding hydrogens is 336 g/mol. The maximum absolute atomic E-state index is 12.1. The van der Waals surface area contributed by atoms with Crippen LogP contribution in [0.3, 0.4) is 0 Å². The fourth-order valence-electron chi connectivity index (χ4n) is 2.76. The van der Waals surface area contributed by atoms with Gasteiger partial charge in [0.1, 0.15) is 5.69 Å². The molecule has 0 unspecified atom stereocenters. The van der Waals surface area contributed by atoms with Crippen LogP contribution >= 0.6 is 0 Å². The summed E-state index contributed by atoms with van der Waals surface area (Å²) in [6.45, 7) is 1.65. The van der Waals surface area contributed by atoms with Crippen molar-refractivity contribution in [1.82, 2.24) is 20.2 Å². The Labute approximate surface area is 149 Å². The van der Waals surface area contributed by atoms with Gasteiger partial charge in [-0.05, 0) is 17.5 Å². The van der Waals surface area contributed by atoms with Crippen molar-refractivity contribution in [2.24, 2.45) is 0 Å². The van der Waals surface area contributed by atoms with Crippen molar-refractivity contribution >= 4 is 17.8 Å². The van der Waals surface area contributed by atoms with Crippen molar-refractivity contribution < 1.29 is 19.5 Å². The number of benzene rings is 1. The standard InChI is InChI=1S/C18H18N4O4/c23-16-5-2-6-22(16)11-13-4-1-3-12(7-13)8-21-17(24)14-9-20-15(10-19-14)18(25)26/h1,3-4,7,9-10H,2,5-6,8,11H2,(H,21,24)(H,25,26). The summed E-state index contributed by atoms with van der Waals surface area (Å²) in [7, 11) is 0. The Morgan fingerprint density at radius 3 is 2.54 bits per heavy atom. The molecule has 1 fully saturated rings. The normalized spacial score (nSPS) is 13.7. The molecule has 1 aliphatic rings. The fraction of sp³-hybridized carbons (Fsp3) is 0.278. The second-order valence-electron chi connectivity index (χ2n) is 6.01. The van der Waals surface area contributed by atoms with Crippen molar-refractivity contribution in [3.05, 3.63) is 59.2 Å². The monoisotopic (exact) mass is 354 g/mol. The molecule has 8 heteroatoms. The van der Waals surface area contributed by atoms with Crippen LogP contribution in [0.2, 0.25) is 0 Å². The lowest BCUT2D eigenvalue weighted by Gasteiger charge is -2.16. The van der Waals surface area contributed by atoms with E-state index in [1.807, 2.05) is 29.2 Å². The van der Waals surface area contributed by atoms with E-state index in [1.165, 1.54) is 0 Å². The number of nitrogens with zero attached hydrogens (tertiary/aromatic N) is 3. The number of rotatable bonds is 6. The van der Waals surface area contributed by atoms with Crippen LogP contribution < -0.4 is 5.32 Å². The van der Waals surface area contributed by atoms with Crippen molar-refractivity contribution in [2.75, 3.05) is 6.54 Å². The first-order valence-corrected chi connectivity index (χ1v) is 8.22. The number of nitrogens with one attached hydrogen (secondary N) is 1. The summed E-state index contributed by atoms with van der Waals surface area (Å²) in [6, 6.07) is 7.67. The highest BCUT2D eigenvalue weighted by Crippen LogP contribution is 2.15. The molecule has 0 spiro atoms. The van der Waals surface area contributed by atoms with Gasteiger partial charge in [-0.3, -0.25) is 9.59 Å². The number of carboxylic acids is 1. The number of carbonyl (C=O) groups is 3. The first-order valence-electron chi connectivity index (χ1n) is 8.22. The summed E-state index contributed by atoms with van der Waals surface area (Å²) in [4.78, 5) is 43.9. The van der Waals surface area contributed by atoms with Gasteiger partial charge >= 0.3 is 5.97 Å². The molecule has 0 radical (unpaired) electrons. The van der Waals surface area contributed by atoms with Gasteiger partial charge in [0.05, 0.1) is 12.4 Å². The Balaban J connectivity index is 1.58. The smallest absolute Gasteiger partial charge is 0.356 e. The lowest BCUT2D eigenvalue weighted by Crippen LogP contribution is -2.25. The van der Waals surface area contributed by atoms with Crippen LogP contribution in [-0.4, -0.2) is 44.3 Å². The first-order chi connectivity index (χ1) is 12.5. The maximum Gasteiger partial charge on any atom is 0.356 e. The molecular formula is C18H18N4O4. The lowest BCUT2D eigenvalue weighted by molar-refractivity contribution is -0.128. The zero-order valence-electron chi connectivity index (χ0n) is 14.0. The van der Waals surface area contributed by atoms with Gasteiger partial charge in [-0.2, -0.15) is 0 Å². The van der Waals surface area contributed by atoms with Gasteiger partial charge in [-0.15, -0.1) is 0 Å². The number of hydrogen-bond acceptors (Lipinski definition) is 5. The number of aromatic nitrogens is 2. The number of hydrogen-bond donors (Lipinski definition) is 2. The Morgan fingerprint density at radius 1 is 1.15 bits per heavy atom. The van der Waals surface area contributed by atoms with E-state index >= 15 is 0 Å². The summed E-state index contributed by atoms with van der Waals surface area (Å²) in [5.41, 5.74) is 1.75. The Morgan fingerprint density at radius 2 is 1.88 bits per heavy atom. The van der Waals surface area contributed by atoms with Gasteiger partial charge in [-0.1, -0.05) is 24.3 Å². The average molecular weight is 354 g/mol. The predicted octanol–water partition coefficient (Wildman–Crippen LogP) is 1.23. The molecule has 2 amide bonds. The summed E-state index contributed by atoms with van der Waals surface area (Å²) < 4.78 is 0. The minimum Gasteiger partial charge on any atom is -0.476 e. The minimum absolute atomic E-state index is 0.0498. The molecule has 3 rings (SSSR count).